The van der Waals surface area contributed by atoms with E-state index in [9.17, 15) is 8.42 Å². The van der Waals surface area contributed by atoms with E-state index in [2.05, 4.69) is 55.2 Å². The zero-order valence-electron chi connectivity index (χ0n) is 19.5. The van der Waals surface area contributed by atoms with Gasteiger partial charge in [0, 0.05) is 0 Å². The van der Waals surface area contributed by atoms with Crippen molar-refractivity contribution in [2.24, 2.45) is 0 Å². The Balaban J connectivity index is 1.89. The van der Waals surface area contributed by atoms with Gasteiger partial charge in [0.15, 0.2) is 0 Å². The first kappa shape index (κ1) is 24.8. The second kappa shape index (κ2) is 10.1. The Kier molecular flexibility index (Phi) is 7.36. The summed E-state index contributed by atoms with van der Waals surface area (Å²) in [6, 6.07) is 40.9. The quantitative estimate of drug-likeness (QED) is 0.304. The van der Waals surface area contributed by atoms with Crippen molar-refractivity contribution >= 4 is 46.1 Å². The normalized spacial score (nSPS) is 13.3. The Morgan fingerprint density at radius 3 is 1.35 bits per heavy atom. The van der Waals surface area contributed by atoms with Crippen LogP contribution < -0.4 is 21.2 Å². The summed E-state index contributed by atoms with van der Waals surface area (Å²) in [5, 5.41) is 4.44. The minimum absolute atomic E-state index is 0.613. The molecule has 0 saturated carbocycles. The maximum atomic E-state index is 12.8. The van der Waals surface area contributed by atoms with E-state index in [0.29, 0.717) is 6.16 Å². The maximum absolute atomic E-state index is 12.8. The first-order valence-corrected chi connectivity index (χ1v) is 17.3. The van der Waals surface area contributed by atoms with Gasteiger partial charge >= 0.3 is 205 Å². The van der Waals surface area contributed by atoms with Crippen molar-refractivity contribution in [2.45, 2.75) is 0 Å². The van der Waals surface area contributed by atoms with Crippen molar-refractivity contribution in [3.63, 3.8) is 0 Å². The molecule has 34 heavy (non-hydrogen) atoms. The third kappa shape index (κ3) is 5.32. The SMILES string of the molecule is CS(=O)(=O)OP(C)(CCP(c1ccccc1)c1ccccc1)(c1ccccc1)c1ccccc1. The molecule has 4 aromatic rings. The first-order valence-electron chi connectivity index (χ1n) is 11.2. The number of hydrogen-bond acceptors (Lipinski definition) is 3. The second-order valence-corrected chi connectivity index (χ2v) is 17.9. The Morgan fingerprint density at radius 1 is 0.647 bits per heavy atom. The Labute approximate surface area is 204 Å². The molecule has 0 N–H and O–H groups in total. The van der Waals surface area contributed by atoms with Gasteiger partial charge in [-0.25, -0.2) is 0 Å². The molecule has 0 saturated heterocycles. The average molecular weight is 509 g/mol. The van der Waals surface area contributed by atoms with Crippen LogP contribution in [0.15, 0.2) is 121 Å². The number of hydrogen-bond donors (Lipinski definition) is 0. The molecule has 0 aromatic heterocycles. The molecule has 4 rings (SSSR count). The molecule has 0 unspecified atom stereocenters. The van der Waals surface area contributed by atoms with Crippen LogP contribution in [0.1, 0.15) is 0 Å². The second-order valence-electron chi connectivity index (χ2n) is 8.68. The molecule has 0 atom stereocenters. The van der Waals surface area contributed by atoms with E-state index in [-0.39, 0.29) is 0 Å². The molecule has 0 aliphatic heterocycles. The topological polar surface area (TPSA) is 43.4 Å². The fourth-order valence-electron chi connectivity index (χ4n) is 4.50. The van der Waals surface area contributed by atoms with E-state index < -0.39 is 24.9 Å². The van der Waals surface area contributed by atoms with Gasteiger partial charge in [0.05, 0.1) is 0 Å². The molecule has 0 amide bonds. The predicted molar refractivity (Wildman–Crippen MR) is 150 cm³/mol. The molecule has 6 heteroatoms. The summed E-state index contributed by atoms with van der Waals surface area (Å²) < 4.78 is 31.9. The number of benzene rings is 4. The Hall–Kier alpha value is -2.35. The van der Waals surface area contributed by atoms with Crippen molar-refractivity contribution in [3.05, 3.63) is 121 Å². The van der Waals surface area contributed by atoms with Gasteiger partial charge in [-0.05, 0) is 0 Å². The standard InChI is InChI=1S/C28H30O3P2S/c1-33(31-34(2,29)30,27-19-11-5-12-20-27,28-21-13-6-14-22-28)24-23-32(25-15-7-3-8-16-25)26-17-9-4-10-18-26/h3-22H,23-24H2,1-2H3. The van der Waals surface area contributed by atoms with Gasteiger partial charge in [-0.3, -0.25) is 0 Å². The Bertz CT molecular complexity index is 1230. The van der Waals surface area contributed by atoms with Crippen LogP contribution in [-0.4, -0.2) is 33.7 Å². The predicted octanol–water partition coefficient (Wildman–Crippen LogP) is 4.84. The third-order valence-corrected chi connectivity index (χ3v) is 16.4. The van der Waals surface area contributed by atoms with Crippen molar-refractivity contribution in [2.75, 3.05) is 25.2 Å². The van der Waals surface area contributed by atoms with E-state index in [0.717, 1.165) is 16.8 Å². The molecule has 0 heterocycles. The van der Waals surface area contributed by atoms with Crippen LogP contribution in [0.4, 0.5) is 0 Å². The first-order chi connectivity index (χ1) is 16.3. The van der Waals surface area contributed by atoms with Crippen molar-refractivity contribution in [1.29, 1.82) is 0 Å². The van der Waals surface area contributed by atoms with Crippen LogP contribution in [0.2, 0.25) is 0 Å². The van der Waals surface area contributed by atoms with Crippen LogP contribution in [0, 0.1) is 0 Å². The summed E-state index contributed by atoms with van der Waals surface area (Å²) in [5.41, 5.74) is 0. The van der Waals surface area contributed by atoms with E-state index in [1.54, 1.807) is 0 Å². The molecular weight excluding hydrogens is 478 g/mol. The summed E-state index contributed by atoms with van der Waals surface area (Å²) in [5.74, 6) is 0. The zero-order valence-corrected chi connectivity index (χ0v) is 22.1. The molecule has 0 radical (unpaired) electrons. The van der Waals surface area contributed by atoms with E-state index in [1.165, 1.54) is 16.9 Å². The van der Waals surface area contributed by atoms with E-state index >= 15 is 0 Å². The fourth-order valence-corrected chi connectivity index (χ4v) is 15.7. The molecule has 0 fully saturated rings. The van der Waals surface area contributed by atoms with Gasteiger partial charge in [-0.15, -0.1) is 0 Å². The molecule has 3 nitrogen and oxygen atoms in total. The van der Waals surface area contributed by atoms with Gasteiger partial charge in [0.2, 0.25) is 0 Å². The third-order valence-electron chi connectivity index (χ3n) is 6.20. The van der Waals surface area contributed by atoms with Gasteiger partial charge in [0.25, 0.3) is 0 Å². The van der Waals surface area contributed by atoms with E-state index in [4.69, 9.17) is 3.97 Å². The summed E-state index contributed by atoms with van der Waals surface area (Å²) >= 11 is 0. The van der Waals surface area contributed by atoms with Gasteiger partial charge in [-0.1, -0.05) is 0 Å². The molecule has 176 valence electrons. The summed E-state index contributed by atoms with van der Waals surface area (Å²) in [6.07, 6.45) is 2.58. The van der Waals surface area contributed by atoms with Crippen LogP contribution >= 0.6 is 14.8 Å². The Morgan fingerprint density at radius 2 is 1.00 bits per heavy atom. The molecular formula is C28H30O3P2S. The minimum atomic E-state index is -3.75. The zero-order chi connectivity index (χ0) is 24.1. The molecule has 0 aliphatic carbocycles. The molecule has 0 spiro atoms. The summed E-state index contributed by atoms with van der Waals surface area (Å²) in [6.45, 7) is -1.54. The molecule has 0 aliphatic rings. The van der Waals surface area contributed by atoms with Gasteiger partial charge in [-0.2, -0.15) is 0 Å². The fraction of sp³-hybridized carbons (Fsp3) is 0.143. The van der Waals surface area contributed by atoms with Crippen molar-refractivity contribution < 1.29 is 12.4 Å². The van der Waals surface area contributed by atoms with Gasteiger partial charge in [0.1, 0.15) is 0 Å². The average Bonchev–Trinajstić information content (AvgIpc) is 2.86. The summed E-state index contributed by atoms with van der Waals surface area (Å²) in [7, 11) is -4.46. The monoisotopic (exact) mass is 508 g/mol. The molecule has 0 bridgehead atoms. The van der Waals surface area contributed by atoms with Crippen molar-refractivity contribution in [3.8, 4) is 0 Å². The van der Waals surface area contributed by atoms with E-state index in [1.807, 2.05) is 72.8 Å². The van der Waals surface area contributed by atoms with Crippen molar-refractivity contribution in [1.82, 2.24) is 0 Å². The number of rotatable bonds is 9. The van der Waals surface area contributed by atoms with Gasteiger partial charge < -0.3 is 0 Å². The summed E-state index contributed by atoms with van der Waals surface area (Å²) in [4.78, 5) is 0. The van der Waals surface area contributed by atoms with Crippen LogP contribution in [0.5, 0.6) is 0 Å². The molecule has 4 aromatic carbocycles. The van der Waals surface area contributed by atoms with Crippen LogP contribution in [0.3, 0.4) is 0 Å². The van der Waals surface area contributed by atoms with Crippen LogP contribution in [-0.2, 0) is 14.1 Å². The van der Waals surface area contributed by atoms with Crippen LogP contribution in [0.25, 0.3) is 0 Å².